The average Bonchev–Trinajstić information content (AvgIpc) is 3.85. The molecule has 2 aromatic carbocycles. The number of benzene rings is 2. The van der Waals surface area contributed by atoms with E-state index in [1.54, 1.807) is 58.9 Å². The summed E-state index contributed by atoms with van der Waals surface area (Å²) in [5.74, 6) is -1.93. The number of amides is 3. The number of nitrogens with one attached hydrogen (secondary N) is 3. The summed E-state index contributed by atoms with van der Waals surface area (Å²) in [4.78, 5) is 51.3. The van der Waals surface area contributed by atoms with Gasteiger partial charge in [-0.2, -0.15) is 0 Å². The van der Waals surface area contributed by atoms with Crippen LogP contribution in [0.2, 0.25) is 5.02 Å². The van der Waals surface area contributed by atoms with Crippen LogP contribution in [0, 0.1) is 16.7 Å². The van der Waals surface area contributed by atoms with Crippen molar-refractivity contribution in [2.45, 2.75) is 91.7 Å². The first kappa shape index (κ1) is 39.5. The van der Waals surface area contributed by atoms with Gasteiger partial charge in [0.05, 0.1) is 30.3 Å². The molecular weight excluding hydrogens is 650 g/mol. The standard InChI is InChI=1S/C37H50ClN3O8/c1-22(30-31(49-30)25-15-12-23(20-42)13-16-25)10-8-9-11-29(43)40-27(19-24-14-17-28(48-7)26(38)18-24)33(44)39-21-37(5,6)35(47)41-32(34(45)46)36(2,3)4/h9,11-18,22,27,30-32,42H,8,10,19-21H2,1-7H3,(H,39,44)(H,40,43)(H,41,47)(H,45,46)/b11-9+/t22-,27+,30?,31?,32+/m0/s1. The summed E-state index contributed by atoms with van der Waals surface area (Å²) >= 11 is 6.31. The molecule has 5 N–H and O–H groups in total. The Balaban J connectivity index is 1.61. The van der Waals surface area contributed by atoms with Gasteiger partial charge in [0.2, 0.25) is 17.7 Å². The van der Waals surface area contributed by atoms with Crippen molar-refractivity contribution >= 4 is 35.3 Å². The Morgan fingerprint density at radius 2 is 1.67 bits per heavy atom. The minimum Gasteiger partial charge on any atom is -0.495 e. The van der Waals surface area contributed by atoms with Crippen LogP contribution in [-0.2, 0) is 36.9 Å². The number of allylic oxidation sites excluding steroid dienone is 1. The molecule has 12 heteroatoms. The van der Waals surface area contributed by atoms with Gasteiger partial charge in [-0.25, -0.2) is 4.79 Å². The van der Waals surface area contributed by atoms with Gasteiger partial charge in [0.25, 0.3) is 0 Å². The number of carbonyl (C=O) groups is 4. The molecule has 2 unspecified atom stereocenters. The van der Waals surface area contributed by atoms with Gasteiger partial charge in [-0.15, -0.1) is 0 Å². The minimum absolute atomic E-state index is 0.00190. The lowest BCUT2D eigenvalue weighted by molar-refractivity contribution is -0.146. The second-order valence-electron chi connectivity index (χ2n) is 14.3. The number of rotatable bonds is 17. The predicted molar refractivity (Wildman–Crippen MR) is 187 cm³/mol. The molecule has 5 atom stereocenters. The second kappa shape index (κ2) is 17.1. The Labute approximate surface area is 293 Å². The van der Waals surface area contributed by atoms with E-state index in [9.17, 15) is 29.4 Å². The van der Waals surface area contributed by atoms with Crippen LogP contribution in [0.1, 0.15) is 77.2 Å². The van der Waals surface area contributed by atoms with E-state index in [1.807, 2.05) is 24.3 Å². The van der Waals surface area contributed by atoms with Crippen LogP contribution >= 0.6 is 11.6 Å². The monoisotopic (exact) mass is 699 g/mol. The fraction of sp³-hybridized carbons (Fsp3) is 0.514. The van der Waals surface area contributed by atoms with Crippen molar-refractivity contribution in [2.75, 3.05) is 13.7 Å². The third-order valence-corrected chi connectivity index (χ3v) is 8.93. The normalized spacial score (nSPS) is 17.9. The number of aliphatic hydroxyl groups is 1. The van der Waals surface area contributed by atoms with Gasteiger partial charge in [0.1, 0.15) is 23.9 Å². The Bertz CT molecular complexity index is 1500. The Kier molecular flexibility index (Phi) is 13.8. The zero-order valence-corrected chi connectivity index (χ0v) is 30.1. The zero-order chi connectivity index (χ0) is 36.5. The predicted octanol–water partition coefficient (Wildman–Crippen LogP) is 4.74. The Hall–Kier alpha value is -3.93. The molecule has 49 heavy (non-hydrogen) atoms. The van der Waals surface area contributed by atoms with Crippen LogP contribution in [-0.4, -0.2) is 65.7 Å². The highest BCUT2D eigenvalue weighted by atomic mass is 35.5. The van der Waals surface area contributed by atoms with Gasteiger partial charge in [-0.05, 0) is 72.9 Å². The van der Waals surface area contributed by atoms with Crippen LogP contribution in [0.25, 0.3) is 0 Å². The number of epoxide rings is 1. The molecule has 0 saturated carbocycles. The summed E-state index contributed by atoms with van der Waals surface area (Å²) in [6.07, 6.45) is 4.82. The van der Waals surface area contributed by atoms with Crippen LogP contribution < -0.4 is 20.7 Å². The molecule has 3 rings (SSSR count). The summed E-state index contributed by atoms with van der Waals surface area (Å²) in [6.45, 7) is 10.4. The van der Waals surface area contributed by atoms with Crippen molar-refractivity contribution in [1.82, 2.24) is 16.0 Å². The zero-order valence-electron chi connectivity index (χ0n) is 29.3. The summed E-state index contributed by atoms with van der Waals surface area (Å²) < 4.78 is 11.1. The van der Waals surface area contributed by atoms with Gasteiger partial charge in [-0.1, -0.05) is 75.7 Å². The third-order valence-electron chi connectivity index (χ3n) is 8.63. The number of carboxylic acid groups (broad SMARTS) is 1. The number of carbonyl (C=O) groups excluding carboxylic acids is 3. The molecule has 0 aromatic heterocycles. The molecule has 1 aliphatic heterocycles. The maximum Gasteiger partial charge on any atom is 0.326 e. The van der Waals surface area contributed by atoms with Gasteiger partial charge in [-0.3, -0.25) is 14.4 Å². The molecule has 2 aromatic rings. The largest absolute Gasteiger partial charge is 0.495 e. The fourth-order valence-corrected chi connectivity index (χ4v) is 5.62. The van der Waals surface area contributed by atoms with E-state index in [4.69, 9.17) is 21.1 Å². The molecule has 0 radical (unpaired) electrons. The quantitative estimate of drug-likeness (QED) is 0.117. The smallest absolute Gasteiger partial charge is 0.326 e. The topological polar surface area (TPSA) is 167 Å². The highest BCUT2D eigenvalue weighted by molar-refractivity contribution is 6.32. The SMILES string of the molecule is COc1ccc(C[C@@H](NC(=O)/C=C/CC[C@H](C)C2OC2c2ccc(CO)cc2)C(=O)NCC(C)(C)C(=O)N[C@H](C(=O)O)C(C)(C)C)cc1Cl. The molecule has 268 valence electrons. The molecule has 0 bridgehead atoms. The molecule has 1 saturated heterocycles. The molecule has 1 fully saturated rings. The van der Waals surface area contributed by atoms with E-state index >= 15 is 0 Å². The van der Waals surface area contributed by atoms with Gasteiger partial charge in [0, 0.05) is 13.0 Å². The number of hydrogen-bond acceptors (Lipinski definition) is 7. The number of aliphatic carboxylic acids is 1. The lowest BCUT2D eigenvalue weighted by Crippen LogP contribution is -2.56. The summed E-state index contributed by atoms with van der Waals surface area (Å²) in [7, 11) is 1.50. The van der Waals surface area contributed by atoms with Gasteiger partial charge < -0.3 is 35.6 Å². The summed E-state index contributed by atoms with van der Waals surface area (Å²) in [5, 5.41) is 27.4. The number of ether oxygens (including phenoxy) is 2. The average molecular weight is 700 g/mol. The molecule has 11 nitrogen and oxygen atoms in total. The second-order valence-corrected chi connectivity index (χ2v) is 14.7. The number of carboxylic acids is 1. The number of methoxy groups -OCH3 is 1. The van der Waals surface area contributed by atoms with E-state index < -0.39 is 46.6 Å². The number of halogens is 1. The van der Waals surface area contributed by atoms with E-state index in [0.717, 1.165) is 17.5 Å². The maximum absolute atomic E-state index is 13.5. The molecule has 1 aliphatic rings. The first-order chi connectivity index (χ1) is 23.0. The van der Waals surface area contributed by atoms with Crippen molar-refractivity contribution in [3.63, 3.8) is 0 Å². The molecule has 0 spiro atoms. The Morgan fingerprint density at radius 1 is 1.02 bits per heavy atom. The minimum atomic E-state index is -1.16. The van der Waals surface area contributed by atoms with Crippen molar-refractivity contribution < 1.29 is 38.9 Å². The van der Waals surface area contributed by atoms with Crippen molar-refractivity contribution in [1.29, 1.82) is 0 Å². The lowest BCUT2D eigenvalue weighted by Gasteiger charge is -2.32. The van der Waals surface area contributed by atoms with Crippen LogP contribution in [0.15, 0.2) is 54.6 Å². The Morgan fingerprint density at radius 3 is 2.24 bits per heavy atom. The van der Waals surface area contributed by atoms with Crippen molar-refractivity contribution in [2.24, 2.45) is 16.7 Å². The van der Waals surface area contributed by atoms with E-state index in [1.165, 1.54) is 13.2 Å². The third kappa shape index (κ3) is 11.6. The lowest BCUT2D eigenvalue weighted by atomic mass is 9.85. The van der Waals surface area contributed by atoms with E-state index in [0.29, 0.717) is 22.8 Å². The van der Waals surface area contributed by atoms with Crippen LogP contribution in [0.4, 0.5) is 0 Å². The summed E-state index contributed by atoms with van der Waals surface area (Å²) in [5.41, 5.74) is 0.716. The first-order valence-electron chi connectivity index (χ1n) is 16.4. The van der Waals surface area contributed by atoms with E-state index in [2.05, 4.69) is 22.9 Å². The van der Waals surface area contributed by atoms with Gasteiger partial charge in [0.15, 0.2) is 0 Å². The van der Waals surface area contributed by atoms with E-state index in [-0.39, 0.29) is 37.7 Å². The highest BCUT2D eigenvalue weighted by Gasteiger charge is 2.43. The molecule has 1 heterocycles. The summed E-state index contributed by atoms with van der Waals surface area (Å²) in [6, 6.07) is 10.7. The number of hydrogen-bond donors (Lipinski definition) is 5. The van der Waals surface area contributed by atoms with Gasteiger partial charge >= 0.3 is 5.97 Å². The maximum atomic E-state index is 13.5. The highest BCUT2D eigenvalue weighted by Crippen LogP contribution is 2.44. The van der Waals surface area contributed by atoms with Crippen molar-refractivity contribution in [3.8, 4) is 5.75 Å². The molecule has 0 aliphatic carbocycles. The molecule has 3 amide bonds. The number of aliphatic hydroxyl groups excluding tert-OH is 1. The fourth-order valence-electron chi connectivity index (χ4n) is 5.34. The van der Waals surface area contributed by atoms with Crippen LogP contribution in [0.3, 0.4) is 0 Å². The first-order valence-corrected chi connectivity index (χ1v) is 16.8. The molecular formula is C37H50ClN3O8. The van der Waals surface area contributed by atoms with Crippen LogP contribution in [0.5, 0.6) is 5.75 Å². The van der Waals surface area contributed by atoms with Crippen molar-refractivity contribution in [3.05, 3.63) is 76.3 Å².